The first kappa shape index (κ1) is 17.4. The van der Waals surface area contributed by atoms with Crippen molar-refractivity contribution in [3.8, 4) is 28.4 Å². The minimum atomic E-state index is -4.79. The molecule has 0 atom stereocenters. The molecule has 2 heterocycles. The summed E-state index contributed by atoms with van der Waals surface area (Å²) in [6, 6.07) is 6.18. The van der Waals surface area contributed by atoms with Crippen LogP contribution in [0.15, 0.2) is 42.7 Å². The largest absolute Gasteiger partial charge is 0.573 e. The number of hydrogen-bond donors (Lipinski definition) is 1. The highest BCUT2D eigenvalue weighted by molar-refractivity contribution is 5.87. The number of ether oxygens (including phenoxy) is 1. The minimum absolute atomic E-state index is 0.142. The number of carbonyl (C=O) groups is 1. The number of rotatable bonds is 4. The van der Waals surface area contributed by atoms with Gasteiger partial charge in [0.2, 0.25) is 0 Å². The second-order valence-electron chi connectivity index (χ2n) is 5.24. The molecule has 3 rings (SSSR count). The summed E-state index contributed by atoms with van der Waals surface area (Å²) in [5.74, 6) is -1.50. The average Bonchev–Trinajstić information content (AvgIpc) is 3.00. The standard InChI is InChI=1S/C16H11F3N4O3/c1-23-8-10(7-20-23)14-21-12(6-13(22-14)15(24)25)9-2-4-11(5-3-9)26-16(17,18)19/h2-8H,1H3,(H,24,25). The molecule has 134 valence electrons. The molecule has 0 saturated heterocycles. The third kappa shape index (κ3) is 3.97. The van der Waals surface area contributed by atoms with E-state index in [9.17, 15) is 23.1 Å². The molecule has 0 aliphatic carbocycles. The third-order valence-corrected chi connectivity index (χ3v) is 3.29. The highest BCUT2D eigenvalue weighted by Gasteiger charge is 2.31. The number of alkyl halides is 3. The van der Waals surface area contributed by atoms with E-state index in [1.165, 1.54) is 29.1 Å². The molecular weight excluding hydrogens is 353 g/mol. The number of carboxylic acids is 1. The second-order valence-corrected chi connectivity index (χ2v) is 5.24. The van der Waals surface area contributed by atoms with Crippen molar-refractivity contribution in [2.75, 3.05) is 0 Å². The van der Waals surface area contributed by atoms with Crippen molar-refractivity contribution < 1.29 is 27.8 Å². The first-order chi connectivity index (χ1) is 12.2. The molecule has 0 saturated carbocycles. The molecular formula is C16H11F3N4O3. The number of halogens is 3. The first-order valence-electron chi connectivity index (χ1n) is 7.19. The van der Waals surface area contributed by atoms with Crippen LogP contribution in [0.25, 0.3) is 22.6 Å². The Labute approximate surface area is 144 Å². The molecule has 0 unspecified atom stereocenters. The van der Waals surface area contributed by atoms with Gasteiger partial charge >= 0.3 is 12.3 Å². The van der Waals surface area contributed by atoms with E-state index < -0.39 is 12.3 Å². The van der Waals surface area contributed by atoms with Gasteiger partial charge in [0.05, 0.1) is 17.5 Å². The fourth-order valence-electron chi connectivity index (χ4n) is 2.20. The molecule has 3 aromatic rings. The number of aryl methyl sites for hydroxylation is 1. The zero-order valence-electron chi connectivity index (χ0n) is 13.2. The molecule has 26 heavy (non-hydrogen) atoms. The van der Waals surface area contributed by atoms with Gasteiger partial charge in [0.1, 0.15) is 5.75 Å². The van der Waals surface area contributed by atoms with E-state index >= 15 is 0 Å². The van der Waals surface area contributed by atoms with Crippen molar-refractivity contribution in [3.05, 3.63) is 48.4 Å². The Bertz CT molecular complexity index is 952. The normalized spacial score (nSPS) is 11.4. The van der Waals surface area contributed by atoms with Crippen LogP contribution in [-0.2, 0) is 7.05 Å². The lowest BCUT2D eigenvalue weighted by Gasteiger charge is -2.09. The van der Waals surface area contributed by atoms with Crippen LogP contribution >= 0.6 is 0 Å². The maximum Gasteiger partial charge on any atom is 0.573 e. The zero-order chi connectivity index (χ0) is 18.9. The van der Waals surface area contributed by atoms with Gasteiger partial charge in [-0.1, -0.05) is 0 Å². The van der Waals surface area contributed by atoms with Crippen LogP contribution in [0.4, 0.5) is 13.2 Å². The second kappa shape index (κ2) is 6.47. The smallest absolute Gasteiger partial charge is 0.477 e. The Hall–Kier alpha value is -3.43. The molecule has 0 aliphatic heterocycles. The number of aromatic nitrogens is 4. The SMILES string of the molecule is Cn1cc(-c2nc(C(=O)O)cc(-c3ccc(OC(F)(F)F)cc3)n2)cn1. The summed E-state index contributed by atoms with van der Waals surface area (Å²) in [5.41, 5.74) is 0.919. The van der Waals surface area contributed by atoms with Crippen molar-refractivity contribution >= 4 is 5.97 Å². The number of carboxylic acid groups (broad SMARTS) is 1. The molecule has 0 radical (unpaired) electrons. The molecule has 0 spiro atoms. The van der Waals surface area contributed by atoms with Crippen molar-refractivity contribution in [1.82, 2.24) is 19.7 Å². The van der Waals surface area contributed by atoms with Crippen molar-refractivity contribution in [3.63, 3.8) is 0 Å². The van der Waals surface area contributed by atoms with Crippen molar-refractivity contribution in [2.45, 2.75) is 6.36 Å². The fraction of sp³-hybridized carbons (Fsp3) is 0.125. The third-order valence-electron chi connectivity index (χ3n) is 3.29. The van der Waals surface area contributed by atoms with Crippen LogP contribution in [0.1, 0.15) is 10.5 Å². The van der Waals surface area contributed by atoms with Crippen molar-refractivity contribution in [2.24, 2.45) is 7.05 Å². The summed E-state index contributed by atoms with van der Waals surface area (Å²) in [6.45, 7) is 0. The average molecular weight is 364 g/mol. The highest BCUT2D eigenvalue weighted by atomic mass is 19.4. The molecule has 1 N–H and O–H groups in total. The lowest BCUT2D eigenvalue weighted by atomic mass is 10.1. The predicted molar refractivity (Wildman–Crippen MR) is 83.3 cm³/mol. The summed E-state index contributed by atoms with van der Waals surface area (Å²) in [7, 11) is 1.69. The maximum atomic E-state index is 12.2. The van der Waals surface area contributed by atoms with E-state index in [1.807, 2.05) is 0 Å². The molecule has 0 fully saturated rings. The topological polar surface area (TPSA) is 90.1 Å². The Morgan fingerprint density at radius 1 is 1.15 bits per heavy atom. The summed E-state index contributed by atoms with van der Waals surface area (Å²) < 4.78 is 42.0. The van der Waals surface area contributed by atoms with Crippen LogP contribution in [0.3, 0.4) is 0 Å². The van der Waals surface area contributed by atoms with E-state index in [1.54, 1.807) is 13.2 Å². The van der Waals surface area contributed by atoms with Gasteiger partial charge in [-0.2, -0.15) is 5.10 Å². The first-order valence-corrected chi connectivity index (χ1v) is 7.19. The summed E-state index contributed by atoms with van der Waals surface area (Å²) in [5, 5.41) is 13.2. The van der Waals surface area contributed by atoms with Crippen molar-refractivity contribution in [1.29, 1.82) is 0 Å². The van der Waals surface area contributed by atoms with Crippen LogP contribution in [0.2, 0.25) is 0 Å². The van der Waals surface area contributed by atoms with Gasteiger partial charge in [-0.15, -0.1) is 13.2 Å². The zero-order valence-corrected chi connectivity index (χ0v) is 13.2. The molecule has 7 nitrogen and oxygen atoms in total. The summed E-state index contributed by atoms with van der Waals surface area (Å²) in [4.78, 5) is 19.6. The lowest BCUT2D eigenvalue weighted by Crippen LogP contribution is -2.16. The van der Waals surface area contributed by atoms with Crippen LogP contribution in [0, 0.1) is 0 Å². The summed E-state index contributed by atoms with van der Waals surface area (Å²) in [6.07, 6.45) is -1.70. The molecule has 10 heteroatoms. The lowest BCUT2D eigenvalue weighted by molar-refractivity contribution is -0.274. The highest BCUT2D eigenvalue weighted by Crippen LogP contribution is 2.27. The fourth-order valence-corrected chi connectivity index (χ4v) is 2.20. The molecule has 1 aromatic carbocycles. The van der Waals surface area contributed by atoms with E-state index in [4.69, 9.17) is 0 Å². The molecule has 0 aliphatic rings. The van der Waals surface area contributed by atoms with Gasteiger partial charge in [-0.3, -0.25) is 4.68 Å². The van der Waals surface area contributed by atoms with E-state index in [2.05, 4.69) is 19.8 Å². The predicted octanol–water partition coefficient (Wildman–Crippen LogP) is 3.14. The Kier molecular flexibility index (Phi) is 4.33. The van der Waals surface area contributed by atoms with Crippen LogP contribution in [-0.4, -0.2) is 37.2 Å². The quantitative estimate of drug-likeness (QED) is 0.765. The van der Waals surface area contributed by atoms with E-state index in [0.29, 0.717) is 11.1 Å². The van der Waals surface area contributed by atoms with Gasteiger partial charge in [-0.05, 0) is 30.3 Å². The van der Waals surface area contributed by atoms with Crippen LogP contribution < -0.4 is 4.74 Å². The van der Waals surface area contributed by atoms with E-state index in [-0.39, 0.29) is 23.0 Å². The number of hydrogen-bond acceptors (Lipinski definition) is 5. The van der Waals surface area contributed by atoms with E-state index in [0.717, 1.165) is 12.1 Å². The van der Waals surface area contributed by atoms with Gasteiger partial charge in [0, 0.05) is 18.8 Å². The van der Waals surface area contributed by atoms with Gasteiger partial charge < -0.3 is 9.84 Å². The minimum Gasteiger partial charge on any atom is -0.477 e. The Balaban J connectivity index is 2.01. The Morgan fingerprint density at radius 2 is 1.85 bits per heavy atom. The number of benzene rings is 1. The maximum absolute atomic E-state index is 12.2. The Morgan fingerprint density at radius 3 is 2.38 bits per heavy atom. The van der Waals surface area contributed by atoms with Gasteiger partial charge in [0.15, 0.2) is 11.5 Å². The monoisotopic (exact) mass is 364 g/mol. The molecule has 2 aromatic heterocycles. The van der Waals surface area contributed by atoms with Gasteiger partial charge in [0.25, 0.3) is 0 Å². The number of nitrogens with zero attached hydrogens (tertiary/aromatic N) is 4. The number of aromatic carboxylic acids is 1. The molecule has 0 bridgehead atoms. The summed E-state index contributed by atoms with van der Waals surface area (Å²) >= 11 is 0. The molecule has 0 amide bonds. The van der Waals surface area contributed by atoms with Crippen LogP contribution in [0.5, 0.6) is 5.75 Å². The van der Waals surface area contributed by atoms with Gasteiger partial charge in [-0.25, -0.2) is 14.8 Å².